The van der Waals surface area contributed by atoms with Crippen molar-refractivity contribution in [2.45, 2.75) is 0 Å². The average Bonchev–Trinajstić information content (AvgIpc) is 2.67. The number of anilines is 2. The van der Waals surface area contributed by atoms with Gasteiger partial charge in [0.25, 0.3) is 0 Å². The van der Waals surface area contributed by atoms with E-state index in [4.69, 9.17) is 30.9 Å². The highest BCUT2D eigenvalue weighted by Gasteiger charge is 2.08. The normalized spacial score (nSPS) is 9.62. The van der Waals surface area contributed by atoms with Crippen molar-refractivity contribution in [3.63, 3.8) is 0 Å². The Morgan fingerprint density at radius 2 is 1.62 bits per heavy atom. The smallest absolute Gasteiger partial charge is 0.203 e. The maximum atomic E-state index is 8.74. The lowest BCUT2D eigenvalue weighted by molar-refractivity contribution is 0.324. The fourth-order valence-electron chi connectivity index (χ4n) is 2.34. The summed E-state index contributed by atoms with van der Waals surface area (Å²) in [7, 11) is 4.77. The summed E-state index contributed by atoms with van der Waals surface area (Å²) in [5.41, 5.74) is 13.6. The van der Waals surface area contributed by atoms with Gasteiger partial charge in [0.05, 0.1) is 38.1 Å². The third kappa shape index (κ3) is 3.87. The number of nitrogens with zero attached hydrogens (tertiary/aromatic N) is 2. The molecule has 1 aromatic heterocycles. The van der Waals surface area contributed by atoms with Gasteiger partial charge in [-0.05, 0) is 30.3 Å². The van der Waals surface area contributed by atoms with Gasteiger partial charge in [-0.2, -0.15) is 5.26 Å². The first-order valence-corrected chi connectivity index (χ1v) is 7.64. The zero-order valence-corrected chi connectivity index (χ0v) is 14.8. The van der Waals surface area contributed by atoms with E-state index >= 15 is 0 Å². The fourth-order valence-corrected chi connectivity index (χ4v) is 2.34. The van der Waals surface area contributed by atoms with Crippen molar-refractivity contribution in [3.05, 3.63) is 48.2 Å². The van der Waals surface area contributed by atoms with Crippen LogP contribution < -0.4 is 25.7 Å². The van der Waals surface area contributed by atoms with E-state index in [0.29, 0.717) is 39.7 Å². The first-order valence-electron chi connectivity index (χ1n) is 7.64. The van der Waals surface area contributed by atoms with Gasteiger partial charge < -0.3 is 25.7 Å². The van der Waals surface area contributed by atoms with Gasteiger partial charge in [0, 0.05) is 17.3 Å². The molecule has 4 N–H and O–H groups in total. The van der Waals surface area contributed by atoms with Gasteiger partial charge in [-0.25, -0.2) is 0 Å². The predicted molar refractivity (Wildman–Crippen MR) is 101 cm³/mol. The number of nitrogens with two attached hydrogens (primary N) is 2. The van der Waals surface area contributed by atoms with Crippen LogP contribution in [0.25, 0.3) is 10.9 Å². The Morgan fingerprint density at radius 3 is 2.15 bits per heavy atom. The molecule has 0 saturated heterocycles. The molecule has 1 heterocycles. The van der Waals surface area contributed by atoms with E-state index in [2.05, 4.69) is 4.98 Å². The number of nitriles is 1. The molecule has 0 fully saturated rings. The van der Waals surface area contributed by atoms with Crippen molar-refractivity contribution in [2.24, 2.45) is 0 Å². The number of hydrogen-bond acceptors (Lipinski definition) is 7. The molecule has 7 heteroatoms. The van der Waals surface area contributed by atoms with Gasteiger partial charge in [-0.3, -0.25) is 4.98 Å². The van der Waals surface area contributed by atoms with E-state index in [-0.39, 0.29) is 0 Å². The molecule has 3 aromatic rings. The molecule has 0 aliphatic heterocycles. The van der Waals surface area contributed by atoms with Crippen LogP contribution in [0, 0.1) is 11.3 Å². The highest BCUT2D eigenvalue weighted by Crippen LogP contribution is 2.36. The van der Waals surface area contributed by atoms with Crippen molar-refractivity contribution in [3.8, 4) is 23.3 Å². The SMILES string of the molecule is COc1cccc(OC)c1OC.N#Cc1cnc2cc(N)ccc2c1N. The number of pyridine rings is 1. The maximum Gasteiger partial charge on any atom is 0.203 e. The van der Waals surface area contributed by atoms with Crippen LogP contribution in [0.15, 0.2) is 42.6 Å². The second-order valence-electron chi connectivity index (χ2n) is 5.17. The minimum atomic E-state index is 0.391. The minimum absolute atomic E-state index is 0.391. The van der Waals surface area contributed by atoms with E-state index < -0.39 is 0 Å². The molecule has 134 valence electrons. The Bertz CT molecular complexity index is 929. The summed E-state index contributed by atoms with van der Waals surface area (Å²) in [6.45, 7) is 0. The molecule has 3 rings (SSSR count). The number of ether oxygens (including phenoxy) is 3. The second kappa shape index (κ2) is 8.44. The lowest BCUT2D eigenvalue weighted by Crippen LogP contribution is -1.95. The standard InChI is InChI=1S/C10H8N4.C9H12O3/c11-4-6-5-14-9-3-7(12)1-2-8(9)10(6)13;1-10-7-5-4-6-8(11-2)9(7)12-3/h1-3,5H,12H2,(H2,13,14);4-6H,1-3H3. The molecule has 0 atom stereocenters. The van der Waals surface area contributed by atoms with Crippen molar-refractivity contribution in [1.29, 1.82) is 5.26 Å². The molecule has 2 aromatic carbocycles. The van der Waals surface area contributed by atoms with E-state index in [1.807, 2.05) is 24.3 Å². The van der Waals surface area contributed by atoms with Crippen LogP contribution >= 0.6 is 0 Å². The Labute approximate surface area is 151 Å². The lowest BCUT2D eigenvalue weighted by Gasteiger charge is -2.10. The van der Waals surface area contributed by atoms with E-state index in [1.54, 1.807) is 39.5 Å². The summed E-state index contributed by atoms with van der Waals surface area (Å²) < 4.78 is 15.3. The van der Waals surface area contributed by atoms with Crippen LogP contribution in [0.5, 0.6) is 17.2 Å². The zero-order valence-electron chi connectivity index (χ0n) is 14.8. The summed E-state index contributed by atoms with van der Waals surface area (Å²) in [5.74, 6) is 1.98. The van der Waals surface area contributed by atoms with Crippen LogP contribution in [-0.4, -0.2) is 26.3 Å². The molecule has 0 amide bonds. The van der Waals surface area contributed by atoms with Crippen LogP contribution in [0.1, 0.15) is 5.56 Å². The number of para-hydroxylation sites is 1. The molecule has 0 saturated carbocycles. The molecule has 0 radical (unpaired) electrons. The van der Waals surface area contributed by atoms with E-state index in [0.717, 1.165) is 5.39 Å². The van der Waals surface area contributed by atoms with Crippen LogP contribution in [0.4, 0.5) is 11.4 Å². The zero-order chi connectivity index (χ0) is 19.1. The number of rotatable bonds is 3. The Kier molecular flexibility index (Phi) is 6.06. The third-order valence-electron chi connectivity index (χ3n) is 3.64. The van der Waals surface area contributed by atoms with Gasteiger partial charge in [0.15, 0.2) is 11.5 Å². The molecular weight excluding hydrogens is 332 g/mol. The first kappa shape index (κ1) is 18.7. The van der Waals surface area contributed by atoms with Crippen molar-refractivity contribution in [2.75, 3.05) is 32.8 Å². The Hall–Kier alpha value is -3.66. The molecule has 0 aliphatic carbocycles. The number of methoxy groups -OCH3 is 3. The first-order chi connectivity index (χ1) is 12.5. The summed E-state index contributed by atoms with van der Waals surface area (Å²) >= 11 is 0. The van der Waals surface area contributed by atoms with Crippen LogP contribution in [-0.2, 0) is 0 Å². The molecule has 0 bridgehead atoms. The molecular formula is C19H20N4O3. The van der Waals surface area contributed by atoms with Gasteiger partial charge in [0.2, 0.25) is 5.75 Å². The number of aromatic nitrogens is 1. The van der Waals surface area contributed by atoms with Gasteiger partial charge in [0.1, 0.15) is 6.07 Å². The van der Waals surface area contributed by atoms with Gasteiger partial charge in [-0.15, -0.1) is 0 Å². The Balaban J connectivity index is 0.000000190. The monoisotopic (exact) mass is 352 g/mol. The summed E-state index contributed by atoms with van der Waals surface area (Å²) in [4.78, 5) is 4.09. The van der Waals surface area contributed by atoms with Gasteiger partial charge in [-0.1, -0.05) is 6.07 Å². The number of nitrogen functional groups attached to an aromatic ring is 2. The molecule has 0 spiro atoms. The summed E-state index contributed by atoms with van der Waals surface area (Å²) in [5, 5.41) is 9.50. The molecule has 0 unspecified atom stereocenters. The minimum Gasteiger partial charge on any atom is -0.493 e. The highest BCUT2D eigenvalue weighted by atomic mass is 16.5. The van der Waals surface area contributed by atoms with Crippen molar-refractivity contribution >= 4 is 22.3 Å². The largest absolute Gasteiger partial charge is 0.493 e. The van der Waals surface area contributed by atoms with Crippen LogP contribution in [0.2, 0.25) is 0 Å². The summed E-state index contributed by atoms with van der Waals surface area (Å²) in [6, 6.07) is 12.7. The van der Waals surface area contributed by atoms with Crippen molar-refractivity contribution in [1.82, 2.24) is 4.98 Å². The van der Waals surface area contributed by atoms with Crippen molar-refractivity contribution < 1.29 is 14.2 Å². The summed E-state index contributed by atoms with van der Waals surface area (Å²) in [6.07, 6.45) is 1.46. The van der Waals surface area contributed by atoms with E-state index in [9.17, 15) is 0 Å². The average molecular weight is 352 g/mol. The third-order valence-corrected chi connectivity index (χ3v) is 3.64. The predicted octanol–water partition coefficient (Wildman–Crippen LogP) is 2.98. The topological polar surface area (TPSA) is 116 Å². The number of benzene rings is 2. The quantitative estimate of drug-likeness (QED) is 0.696. The highest BCUT2D eigenvalue weighted by molar-refractivity contribution is 5.94. The fraction of sp³-hybridized carbons (Fsp3) is 0.158. The molecule has 26 heavy (non-hydrogen) atoms. The molecule has 0 aliphatic rings. The lowest BCUT2D eigenvalue weighted by atomic mass is 10.1. The molecule has 7 nitrogen and oxygen atoms in total. The number of hydrogen-bond donors (Lipinski definition) is 2. The maximum absolute atomic E-state index is 8.74. The second-order valence-corrected chi connectivity index (χ2v) is 5.17. The van der Waals surface area contributed by atoms with E-state index in [1.165, 1.54) is 6.20 Å². The van der Waals surface area contributed by atoms with Crippen LogP contribution in [0.3, 0.4) is 0 Å². The Morgan fingerprint density at radius 1 is 0.962 bits per heavy atom. The van der Waals surface area contributed by atoms with Gasteiger partial charge >= 0.3 is 0 Å². The number of fused-ring (bicyclic) bond motifs is 1.